The van der Waals surface area contributed by atoms with Gasteiger partial charge in [-0.1, -0.05) is 29.4 Å². The molecule has 1 N–H and O–H groups in total. The molecule has 11 heteroatoms. The number of halogens is 1. The lowest BCUT2D eigenvalue weighted by Gasteiger charge is -2.14. The number of thioether (sulfide) groups is 1. The van der Waals surface area contributed by atoms with Crippen molar-refractivity contribution in [3.63, 3.8) is 0 Å². The number of hydrogen-bond donors (Lipinski definition) is 1. The van der Waals surface area contributed by atoms with Crippen molar-refractivity contribution in [1.82, 2.24) is 14.8 Å². The summed E-state index contributed by atoms with van der Waals surface area (Å²) < 4.78 is 7.63. The highest BCUT2D eigenvalue weighted by Gasteiger charge is 2.18. The Morgan fingerprint density at radius 2 is 2.03 bits per heavy atom. The van der Waals surface area contributed by atoms with E-state index in [1.807, 2.05) is 6.92 Å². The lowest BCUT2D eigenvalue weighted by Crippen LogP contribution is -2.15. The van der Waals surface area contributed by atoms with Crippen molar-refractivity contribution in [2.24, 2.45) is 7.05 Å². The first-order valence-corrected chi connectivity index (χ1v) is 10.2. The van der Waals surface area contributed by atoms with Gasteiger partial charge in [-0.2, -0.15) is 0 Å². The molecule has 30 heavy (non-hydrogen) atoms. The highest BCUT2D eigenvalue weighted by molar-refractivity contribution is 7.99. The minimum atomic E-state index is -0.496. The molecule has 0 saturated heterocycles. The highest BCUT2D eigenvalue weighted by Crippen LogP contribution is 2.25. The summed E-state index contributed by atoms with van der Waals surface area (Å²) >= 11 is 7.20. The maximum absolute atomic E-state index is 12.2. The van der Waals surface area contributed by atoms with Crippen molar-refractivity contribution in [2.75, 3.05) is 11.1 Å². The fourth-order valence-corrected chi connectivity index (χ4v) is 3.50. The van der Waals surface area contributed by atoms with Gasteiger partial charge in [0.15, 0.2) is 17.1 Å². The van der Waals surface area contributed by atoms with E-state index in [4.69, 9.17) is 16.3 Å². The van der Waals surface area contributed by atoms with Gasteiger partial charge in [-0.3, -0.25) is 14.9 Å². The van der Waals surface area contributed by atoms with Crippen molar-refractivity contribution in [3.05, 3.63) is 69.5 Å². The molecule has 2 aromatic carbocycles. The summed E-state index contributed by atoms with van der Waals surface area (Å²) in [6.45, 7) is 1.85. The number of anilines is 1. The van der Waals surface area contributed by atoms with Gasteiger partial charge in [0.1, 0.15) is 5.75 Å². The Morgan fingerprint density at radius 3 is 2.70 bits per heavy atom. The number of nitro benzene ring substituents is 1. The Hall–Kier alpha value is -3.11. The van der Waals surface area contributed by atoms with Crippen molar-refractivity contribution in [1.29, 1.82) is 0 Å². The summed E-state index contributed by atoms with van der Waals surface area (Å²) in [5.74, 6) is 1.07. The Bertz CT molecular complexity index is 1060. The van der Waals surface area contributed by atoms with E-state index in [1.54, 1.807) is 35.9 Å². The van der Waals surface area contributed by atoms with Gasteiger partial charge in [0.05, 0.1) is 10.7 Å². The summed E-state index contributed by atoms with van der Waals surface area (Å²) in [5, 5.41) is 22.8. The van der Waals surface area contributed by atoms with Crippen LogP contribution in [0.1, 0.15) is 18.9 Å². The topological polar surface area (TPSA) is 112 Å². The average Bonchev–Trinajstić information content (AvgIpc) is 3.07. The number of hydrogen-bond acceptors (Lipinski definition) is 7. The maximum atomic E-state index is 12.2. The summed E-state index contributed by atoms with van der Waals surface area (Å²) in [4.78, 5) is 22.4. The number of carbonyl (C=O) groups excluding carboxylic acids is 1. The van der Waals surface area contributed by atoms with E-state index >= 15 is 0 Å². The second kappa shape index (κ2) is 9.59. The molecular formula is C19H18ClN5O4S. The molecular weight excluding hydrogens is 430 g/mol. The first-order valence-electron chi connectivity index (χ1n) is 8.82. The lowest BCUT2D eigenvalue weighted by atomic mass is 10.3. The normalized spacial score (nSPS) is 11.7. The summed E-state index contributed by atoms with van der Waals surface area (Å²) in [6.07, 6.45) is -0.371. The number of non-ortho nitro benzene ring substituents is 1. The van der Waals surface area contributed by atoms with Crippen LogP contribution in [0.4, 0.5) is 11.4 Å². The summed E-state index contributed by atoms with van der Waals surface area (Å²) in [7, 11) is 1.80. The molecule has 1 heterocycles. The molecule has 3 rings (SSSR count). The van der Waals surface area contributed by atoms with Gasteiger partial charge in [0, 0.05) is 29.9 Å². The molecule has 0 saturated carbocycles. The number of nitrogens with one attached hydrogen (secondary N) is 1. The highest BCUT2D eigenvalue weighted by atomic mass is 35.5. The van der Waals surface area contributed by atoms with Gasteiger partial charge >= 0.3 is 0 Å². The van der Waals surface area contributed by atoms with Gasteiger partial charge in [-0.15, -0.1) is 10.2 Å². The van der Waals surface area contributed by atoms with Gasteiger partial charge in [-0.05, 0) is 37.3 Å². The standard InChI is InChI=1S/C19H18ClN5O4S/c1-12(29-16-5-3-4-13(20)10-16)18-22-23-19(24(18)2)30-11-17(26)21-14-6-8-15(9-7-14)25(27)28/h3-10,12H,11H2,1-2H3,(H,21,26). The molecule has 0 spiro atoms. The van der Waals surface area contributed by atoms with Crippen LogP contribution < -0.4 is 10.1 Å². The molecule has 0 bridgehead atoms. The lowest BCUT2D eigenvalue weighted by molar-refractivity contribution is -0.384. The Labute approximate surface area is 181 Å². The van der Waals surface area contributed by atoms with E-state index in [0.717, 1.165) is 0 Å². The van der Waals surface area contributed by atoms with Crippen molar-refractivity contribution in [3.8, 4) is 5.75 Å². The number of rotatable bonds is 8. The smallest absolute Gasteiger partial charge is 0.269 e. The largest absolute Gasteiger partial charge is 0.483 e. The molecule has 0 aliphatic carbocycles. The van der Waals surface area contributed by atoms with Crippen LogP contribution in [0.2, 0.25) is 5.02 Å². The van der Waals surface area contributed by atoms with Crippen LogP contribution >= 0.6 is 23.4 Å². The minimum absolute atomic E-state index is 0.0388. The predicted molar refractivity (Wildman–Crippen MR) is 114 cm³/mol. The van der Waals surface area contributed by atoms with Crippen molar-refractivity contribution < 1.29 is 14.5 Å². The molecule has 1 amide bonds. The van der Waals surface area contributed by atoms with Crippen LogP contribution in [0, 0.1) is 10.1 Å². The molecule has 1 atom stereocenters. The van der Waals surface area contributed by atoms with E-state index in [-0.39, 0.29) is 23.5 Å². The molecule has 0 fully saturated rings. The van der Waals surface area contributed by atoms with Crippen LogP contribution in [0.15, 0.2) is 53.7 Å². The number of nitrogens with zero attached hydrogens (tertiary/aromatic N) is 4. The Kier molecular flexibility index (Phi) is 6.91. The predicted octanol–water partition coefficient (Wildman–Crippen LogP) is 4.25. The third-order valence-corrected chi connectivity index (χ3v) is 5.29. The van der Waals surface area contributed by atoms with Crippen LogP contribution in [-0.2, 0) is 11.8 Å². The molecule has 9 nitrogen and oxygen atoms in total. The third-order valence-electron chi connectivity index (χ3n) is 4.04. The SMILES string of the molecule is CC(Oc1cccc(Cl)c1)c1nnc(SCC(=O)Nc2ccc([N+](=O)[O-])cc2)n1C. The zero-order chi connectivity index (χ0) is 21.7. The van der Waals surface area contributed by atoms with Crippen molar-refractivity contribution >= 4 is 40.6 Å². The van der Waals surface area contributed by atoms with E-state index in [1.165, 1.54) is 36.0 Å². The molecule has 156 valence electrons. The third kappa shape index (κ3) is 5.49. The second-order valence-corrected chi connectivity index (χ2v) is 7.64. The zero-order valence-corrected chi connectivity index (χ0v) is 17.7. The van der Waals surface area contributed by atoms with Crippen molar-refractivity contribution in [2.45, 2.75) is 18.2 Å². The number of carbonyl (C=O) groups is 1. The van der Waals surface area contributed by atoms with Gasteiger partial charge < -0.3 is 14.6 Å². The fourth-order valence-electron chi connectivity index (χ4n) is 2.60. The number of ether oxygens (including phenoxy) is 1. The van der Waals surface area contributed by atoms with E-state index < -0.39 is 4.92 Å². The number of aromatic nitrogens is 3. The van der Waals surface area contributed by atoms with Crippen LogP contribution in [-0.4, -0.2) is 31.3 Å². The number of nitro groups is 1. The van der Waals surface area contributed by atoms with E-state index in [0.29, 0.717) is 27.4 Å². The Morgan fingerprint density at radius 1 is 1.30 bits per heavy atom. The quantitative estimate of drug-likeness (QED) is 0.312. The maximum Gasteiger partial charge on any atom is 0.269 e. The molecule has 1 unspecified atom stereocenters. The van der Waals surface area contributed by atoms with Gasteiger partial charge in [-0.25, -0.2) is 0 Å². The molecule has 1 aromatic heterocycles. The van der Waals surface area contributed by atoms with Crippen LogP contribution in [0.5, 0.6) is 5.75 Å². The zero-order valence-electron chi connectivity index (χ0n) is 16.1. The monoisotopic (exact) mass is 447 g/mol. The Balaban J connectivity index is 1.56. The number of benzene rings is 2. The van der Waals surface area contributed by atoms with Crippen LogP contribution in [0.3, 0.4) is 0 Å². The molecule has 0 aliphatic heterocycles. The first-order chi connectivity index (χ1) is 14.3. The van der Waals surface area contributed by atoms with Gasteiger partial charge in [0.2, 0.25) is 5.91 Å². The van der Waals surface area contributed by atoms with Crippen LogP contribution in [0.25, 0.3) is 0 Å². The summed E-state index contributed by atoms with van der Waals surface area (Å²) in [6, 6.07) is 12.7. The average molecular weight is 448 g/mol. The van der Waals surface area contributed by atoms with E-state index in [9.17, 15) is 14.9 Å². The first kappa shape index (κ1) is 21.6. The second-order valence-electron chi connectivity index (χ2n) is 6.26. The number of amides is 1. The fraction of sp³-hybridized carbons (Fsp3) is 0.211. The van der Waals surface area contributed by atoms with Gasteiger partial charge in [0.25, 0.3) is 5.69 Å². The molecule has 3 aromatic rings. The molecule has 0 aliphatic rings. The minimum Gasteiger partial charge on any atom is -0.483 e. The summed E-state index contributed by atoms with van der Waals surface area (Å²) in [5.41, 5.74) is 0.441. The van der Waals surface area contributed by atoms with E-state index in [2.05, 4.69) is 15.5 Å². The molecule has 0 radical (unpaired) electrons.